The number of aliphatic hydroxyl groups is 1. The van der Waals surface area contributed by atoms with Crippen molar-refractivity contribution in [1.29, 1.82) is 0 Å². The largest absolute Gasteiger partial charge is 0.379 e. The molecule has 0 radical (unpaired) electrons. The van der Waals surface area contributed by atoms with Crippen LogP contribution in [0.5, 0.6) is 0 Å². The van der Waals surface area contributed by atoms with Crippen LogP contribution in [0.3, 0.4) is 0 Å². The molecule has 3 aromatic heterocycles. The Hall–Kier alpha value is -3.00. The number of hydrogen-bond acceptors (Lipinski definition) is 9. The summed E-state index contributed by atoms with van der Waals surface area (Å²) in [6, 6.07) is 0. The zero-order valence-electron chi connectivity index (χ0n) is 18.0. The fourth-order valence-corrected chi connectivity index (χ4v) is 3.63. The standard InChI is InChI=1S/C21H27N7O3/c1-4-28-18-13(12-30-14-6-5-9-23-11-14)10-24-15(7-8-21(2,3)29)16(18)25-20(28)17-19(22)27-31-26-17/h10,14,23,29H,4-6,9,11-12H2,1-3H3,(H2,22,27). The molecule has 10 nitrogen and oxygen atoms in total. The normalized spacial score (nSPS) is 17.0. The van der Waals surface area contributed by atoms with E-state index >= 15 is 0 Å². The maximum absolute atomic E-state index is 10.0. The third-order valence-electron chi connectivity index (χ3n) is 5.10. The average Bonchev–Trinajstić information content (AvgIpc) is 3.34. The van der Waals surface area contributed by atoms with Crippen molar-refractivity contribution in [2.24, 2.45) is 0 Å². The van der Waals surface area contributed by atoms with Crippen LogP contribution in [-0.2, 0) is 17.9 Å². The van der Waals surface area contributed by atoms with Crippen molar-refractivity contribution in [2.75, 3.05) is 18.8 Å². The van der Waals surface area contributed by atoms with E-state index in [1.165, 1.54) is 0 Å². The van der Waals surface area contributed by atoms with Crippen LogP contribution in [0.2, 0.25) is 0 Å². The molecule has 0 aromatic carbocycles. The number of ether oxygens (including phenoxy) is 1. The topological polar surface area (TPSA) is 137 Å². The number of nitrogens with zero attached hydrogens (tertiary/aromatic N) is 5. The van der Waals surface area contributed by atoms with Gasteiger partial charge in [-0.15, -0.1) is 0 Å². The second-order valence-electron chi connectivity index (χ2n) is 8.10. The molecular weight excluding hydrogens is 398 g/mol. The Morgan fingerprint density at radius 1 is 1.42 bits per heavy atom. The molecule has 4 heterocycles. The van der Waals surface area contributed by atoms with E-state index in [1.54, 1.807) is 20.0 Å². The molecule has 4 N–H and O–H groups in total. The van der Waals surface area contributed by atoms with E-state index in [-0.39, 0.29) is 11.9 Å². The van der Waals surface area contributed by atoms with E-state index in [4.69, 9.17) is 20.1 Å². The highest BCUT2D eigenvalue weighted by Gasteiger charge is 2.23. The molecule has 1 saturated heterocycles. The van der Waals surface area contributed by atoms with Crippen LogP contribution >= 0.6 is 0 Å². The van der Waals surface area contributed by atoms with Gasteiger partial charge in [0.15, 0.2) is 17.3 Å². The lowest BCUT2D eigenvalue weighted by Gasteiger charge is -2.23. The third kappa shape index (κ3) is 4.54. The summed E-state index contributed by atoms with van der Waals surface area (Å²) in [6.45, 7) is 8.12. The maximum Gasteiger partial charge on any atom is 0.199 e. The molecule has 0 bridgehead atoms. The van der Waals surface area contributed by atoms with Crippen LogP contribution in [0.15, 0.2) is 10.8 Å². The summed E-state index contributed by atoms with van der Waals surface area (Å²) >= 11 is 0. The predicted molar refractivity (Wildman–Crippen MR) is 115 cm³/mol. The highest BCUT2D eigenvalue weighted by Crippen LogP contribution is 2.30. The molecule has 3 aromatic rings. The monoisotopic (exact) mass is 425 g/mol. The number of aryl methyl sites for hydroxylation is 1. The Kier molecular flexibility index (Phi) is 5.91. The minimum absolute atomic E-state index is 0.159. The molecule has 1 unspecified atom stereocenters. The van der Waals surface area contributed by atoms with Gasteiger partial charge in [-0.1, -0.05) is 5.92 Å². The zero-order valence-corrected chi connectivity index (χ0v) is 18.0. The van der Waals surface area contributed by atoms with Gasteiger partial charge in [-0.2, -0.15) is 0 Å². The molecular formula is C21H27N7O3. The third-order valence-corrected chi connectivity index (χ3v) is 5.10. The summed E-state index contributed by atoms with van der Waals surface area (Å²) in [5.41, 5.74) is 7.95. The maximum atomic E-state index is 10.0. The van der Waals surface area contributed by atoms with E-state index < -0.39 is 5.60 Å². The van der Waals surface area contributed by atoms with E-state index in [9.17, 15) is 5.11 Å². The Bertz CT molecular complexity index is 1130. The van der Waals surface area contributed by atoms with Gasteiger partial charge in [0, 0.05) is 24.8 Å². The lowest BCUT2D eigenvalue weighted by molar-refractivity contribution is 0.0256. The lowest BCUT2D eigenvalue weighted by Crippen LogP contribution is -2.35. The van der Waals surface area contributed by atoms with Crippen LogP contribution in [0.25, 0.3) is 22.6 Å². The zero-order chi connectivity index (χ0) is 22.0. The van der Waals surface area contributed by atoms with Crippen molar-refractivity contribution < 1.29 is 14.5 Å². The van der Waals surface area contributed by atoms with E-state index in [2.05, 4.69) is 32.5 Å². The number of imidazole rings is 1. The summed E-state index contributed by atoms with van der Waals surface area (Å²) in [5.74, 6) is 6.45. The molecule has 10 heteroatoms. The second-order valence-corrected chi connectivity index (χ2v) is 8.10. The Morgan fingerprint density at radius 3 is 2.90 bits per heavy atom. The number of aromatic nitrogens is 5. The highest BCUT2D eigenvalue weighted by atomic mass is 16.6. The minimum atomic E-state index is -1.15. The fourth-order valence-electron chi connectivity index (χ4n) is 3.63. The van der Waals surface area contributed by atoms with Gasteiger partial charge in [0.25, 0.3) is 0 Å². The Labute approximate surface area is 180 Å². The number of piperidine rings is 1. The predicted octanol–water partition coefficient (Wildman–Crippen LogP) is 1.47. The van der Waals surface area contributed by atoms with Gasteiger partial charge in [-0.25, -0.2) is 14.6 Å². The van der Waals surface area contributed by atoms with Crippen molar-refractivity contribution in [2.45, 2.75) is 58.5 Å². The van der Waals surface area contributed by atoms with Gasteiger partial charge in [0.2, 0.25) is 0 Å². The summed E-state index contributed by atoms with van der Waals surface area (Å²) in [6.07, 6.45) is 4.04. The van der Waals surface area contributed by atoms with Crippen molar-refractivity contribution in [3.05, 3.63) is 17.5 Å². The number of pyridine rings is 1. The SMILES string of the molecule is CCn1c(-c2nonc2N)nc2c(C#CC(C)(C)O)ncc(COC3CCCNC3)c21. The van der Waals surface area contributed by atoms with Gasteiger partial charge >= 0.3 is 0 Å². The molecule has 1 aliphatic heterocycles. The Morgan fingerprint density at radius 2 is 2.26 bits per heavy atom. The number of nitrogens with two attached hydrogens (primary N) is 1. The van der Waals surface area contributed by atoms with Crippen LogP contribution in [0, 0.1) is 11.8 Å². The summed E-state index contributed by atoms with van der Waals surface area (Å²) < 4.78 is 12.9. The van der Waals surface area contributed by atoms with Crippen LogP contribution < -0.4 is 11.1 Å². The molecule has 1 atom stereocenters. The second kappa shape index (κ2) is 8.63. The van der Waals surface area contributed by atoms with Gasteiger partial charge in [-0.3, -0.25) is 0 Å². The molecule has 0 aliphatic carbocycles. The molecule has 0 saturated carbocycles. The molecule has 4 rings (SSSR count). The molecule has 1 aliphatic rings. The van der Waals surface area contributed by atoms with Gasteiger partial charge in [-0.05, 0) is 56.4 Å². The first-order valence-corrected chi connectivity index (χ1v) is 10.4. The number of anilines is 1. The smallest absolute Gasteiger partial charge is 0.199 e. The van der Waals surface area contributed by atoms with E-state index in [0.29, 0.717) is 35.9 Å². The van der Waals surface area contributed by atoms with Crippen molar-refractivity contribution in [1.82, 2.24) is 30.2 Å². The quantitative estimate of drug-likeness (QED) is 0.519. The molecule has 0 spiro atoms. The lowest BCUT2D eigenvalue weighted by atomic mass is 10.1. The summed E-state index contributed by atoms with van der Waals surface area (Å²) in [5, 5.41) is 21.0. The first kappa shape index (κ1) is 21.2. The van der Waals surface area contributed by atoms with Gasteiger partial charge in [0.1, 0.15) is 16.8 Å². The van der Waals surface area contributed by atoms with Crippen molar-refractivity contribution >= 4 is 16.9 Å². The fraction of sp³-hybridized carbons (Fsp3) is 0.524. The van der Waals surface area contributed by atoms with Crippen molar-refractivity contribution in [3.8, 4) is 23.4 Å². The van der Waals surface area contributed by atoms with Crippen LogP contribution in [-0.4, -0.2) is 54.7 Å². The van der Waals surface area contributed by atoms with E-state index in [0.717, 1.165) is 37.0 Å². The first-order valence-electron chi connectivity index (χ1n) is 10.4. The minimum Gasteiger partial charge on any atom is -0.379 e. The van der Waals surface area contributed by atoms with Crippen LogP contribution in [0.1, 0.15) is 44.9 Å². The summed E-state index contributed by atoms with van der Waals surface area (Å²) in [7, 11) is 0. The molecule has 0 amide bonds. The number of rotatable bonds is 5. The number of hydrogen-bond donors (Lipinski definition) is 3. The number of nitrogen functional groups attached to an aromatic ring is 1. The first-order chi connectivity index (χ1) is 14.9. The number of nitrogens with one attached hydrogen (secondary N) is 1. The van der Waals surface area contributed by atoms with E-state index in [1.807, 2.05) is 11.5 Å². The van der Waals surface area contributed by atoms with Crippen molar-refractivity contribution in [3.63, 3.8) is 0 Å². The molecule has 1 fully saturated rings. The van der Waals surface area contributed by atoms with Gasteiger partial charge in [0.05, 0.1) is 18.2 Å². The molecule has 164 valence electrons. The average molecular weight is 425 g/mol. The van der Waals surface area contributed by atoms with Crippen LogP contribution in [0.4, 0.5) is 5.82 Å². The van der Waals surface area contributed by atoms with Gasteiger partial charge < -0.3 is 25.5 Å². The Balaban J connectivity index is 1.83. The number of fused-ring (bicyclic) bond motifs is 1. The molecule has 31 heavy (non-hydrogen) atoms. The summed E-state index contributed by atoms with van der Waals surface area (Å²) in [4.78, 5) is 9.27. The highest BCUT2D eigenvalue weighted by molar-refractivity contribution is 5.87.